The highest BCUT2D eigenvalue weighted by molar-refractivity contribution is 7.99. The van der Waals surface area contributed by atoms with Gasteiger partial charge >= 0.3 is 6.18 Å². The minimum absolute atomic E-state index is 0.143. The normalized spacial score (nSPS) is 13.0. The number of thioether (sulfide) groups is 1. The molecule has 0 radical (unpaired) electrons. The average Bonchev–Trinajstić information content (AvgIpc) is 2.96. The van der Waals surface area contributed by atoms with Gasteiger partial charge in [0.25, 0.3) is 0 Å². The van der Waals surface area contributed by atoms with Gasteiger partial charge < -0.3 is 0 Å². The van der Waals surface area contributed by atoms with Gasteiger partial charge in [-0.15, -0.1) is 10.2 Å². The van der Waals surface area contributed by atoms with E-state index < -0.39 is 12.7 Å². The van der Waals surface area contributed by atoms with Crippen LogP contribution in [0.15, 0.2) is 53.9 Å². The minimum Gasteiger partial charge on any atom is -0.293 e. The Morgan fingerprint density at radius 2 is 1.88 bits per heavy atom. The molecule has 0 saturated carbocycles. The quantitative estimate of drug-likeness (QED) is 0.539. The van der Waals surface area contributed by atoms with Gasteiger partial charge in [0.05, 0.1) is 0 Å². The average molecular weight is 399 g/mol. The molecule has 0 N–H and O–H groups in total. The smallest absolute Gasteiger partial charge is 0.293 e. The molecular formula is C17H14ClF3N4S. The molecule has 3 aromatic rings. The van der Waals surface area contributed by atoms with Crippen LogP contribution in [0, 0.1) is 0 Å². The Balaban J connectivity index is 1.95. The van der Waals surface area contributed by atoms with Crippen molar-refractivity contribution in [3.63, 3.8) is 0 Å². The fraction of sp³-hybridized carbons (Fsp3) is 0.235. The summed E-state index contributed by atoms with van der Waals surface area (Å²) in [6.45, 7) is 0.720. The van der Waals surface area contributed by atoms with E-state index in [1.807, 2.05) is 13.0 Å². The first-order valence-electron chi connectivity index (χ1n) is 7.66. The minimum atomic E-state index is -4.39. The van der Waals surface area contributed by atoms with E-state index in [4.69, 9.17) is 11.6 Å². The molecule has 9 heteroatoms. The predicted octanol–water partition coefficient (Wildman–Crippen LogP) is 5.41. The summed E-state index contributed by atoms with van der Waals surface area (Å²) in [6.07, 6.45) is -1.38. The molecule has 0 bridgehead atoms. The molecular weight excluding hydrogens is 385 g/mol. The van der Waals surface area contributed by atoms with Gasteiger partial charge in [0, 0.05) is 28.2 Å². The number of alkyl halides is 3. The molecule has 3 rings (SSSR count). The van der Waals surface area contributed by atoms with Crippen LogP contribution in [0.4, 0.5) is 13.2 Å². The monoisotopic (exact) mass is 398 g/mol. The van der Waals surface area contributed by atoms with E-state index in [-0.39, 0.29) is 16.2 Å². The van der Waals surface area contributed by atoms with Crippen LogP contribution in [-0.4, -0.2) is 25.9 Å². The molecule has 0 fully saturated rings. The molecule has 26 heavy (non-hydrogen) atoms. The number of hydrogen-bond acceptors (Lipinski definition) is 4. The highest BCUT2D eigenvalue weighted by atomic mass is 35.5. The third kappa shape index (κ3) is 4.56. The number of nitrogens with zero attached hydrogens (tertiary/aromatic N) is 4. The largest absolute Gasteiger partial charge is 0.406 e. The Morgan fingerprint density at radius 1 is 1.15 bits per heavy atom. The van der Waals surface area contributed by atoms with E-state index >= 15 is 0 Å². The van der Waals surface area contributed by atoms with Crippen LogP contribution in [0.2, 0.25) is 5.02 Å². The first-order valence-corrected chi connectivity index (χ1v) is 8.92. The first kappa shape index (κ1) is 18.7. The van der Waals surface area contributed by atoms with E-state index in [0.717, 1.165) is 10.1 Å². The zero-order valence-electron chi connectivity index (χ0n) is 13.6. The molecule has 0 saturated heterocycles. The molecule has 4 nitrogen and oxygen atoms in total. The molecule has 0 spiro atoms. The standard InChI is InChI=1S/C17H14ClF3N4S/c1-11(13-3-2-4-14(18)9-13)26-16-24-23-15(12-5-7-22-8-6-12)25(16)10-17(19,20)21/h2-9,11H,10H2,1H3/t11-/m0/s1. The maximum atomic E-state index is 13.1. The summed E-state index contributed by atoms with van der Waals surface area (Å²) in [7, 11) is 0. The van der Waals surface area contributed by atoms with Gasteiger partial charge in [-0.3, -0.25) is 9.55 Å². The highest BCUT2D eigenvalue weighted by Crippen LogP contribution is 2.37. The molecule has 0 amide bonds. The molecule has 0 aliphatic carbocycles. The lowest BCUT2D eigenvalue weighted by atomic mass is 10.2. The molecule has 1 atom stereocenters. The van der Waals surface area contributed by atoms with Crippen molar-refractivity contribution < 1.29 is 13.2 Å². The van der Waals surface area contributed by atoms with E-state index in [1.165, 1.54) is 24.2 Å². The second-order valence-corrected chi connectivity index (χ2v) is 7.30. The lowest BCUT2D eigenvalue weighted by molar-refractivity contribution is -0.141. The topological polar surface area (TPSA) is 43.6 Å². The van der Waals surface area contributed by atoms with E-state index in [0.29, 0.717) is 10.6 Å². The fourth-order valence-electron chi connectivity index (χ4n) is 2.40. The summed E-state index contributed by atoms with van der Waals surface area (Å²) in [5.74, 6) is 0.158. The number of pyridine rings is 1. The fourth-order valence-corrected chi connectivity index (χ4v) is 3.56. The van der Waals surface area contributed by atoms with Gasteiger partial charge in [-0.05, 0) is 36.8 Å². The molecule has 0 aliphatic heterocycles. The van der Waals surface area contributed by atoms with Gasteiger partial charge in [0.2, 0.25) is 0 Å². The van der Waals surface area contributed by atoms with Crippen molar-refractivity contribution in [3.8, 4) is 11.4 Å². The summed E-state index contributed by atoms with van der Waals surface area (Å²) in [6, 6.07) is 10.4. The van der Waals surface area contributed by atoms with Crippen molar-refractivity contribution in [1.29, 1.82) is 0 Å². The third-order valence-electron chi connectivity index (χ3n) is 3.59. The maximum absolute atomic E-state index is 13.1. The zero-order valence-corrected chi connectivity index (χ0v) is 15.2. The Labute approximate surface area is 157 Å². The van der Waals surface area contributed by atoms with Crippen LogP contribution in [0.5, 0.6) is 0 Å². The Bertz CT molecular complexity index is 883. The lowest BCUT2D eigenvalue weighted by Crippen LogP contribution is -2.19. The number of aromatic nitrogens is 4. The van der Waals surface area contributed by atoms with Gasteiger partial charge in [0.1, 0.15) is 6.54 Å². The summed E-state index contributed by atoms with van der Waals surface area (Å²) >= 11 is 7.20. The van der Waals surface area contributed by atoms with Crippen LogP contribution in [0.1, 0.15) is 17.7 Å². The summed E-state index contributed by atoms with van der Waals surface area (Å²) in [5.41, 5.74) is 1.42. The highest BCUT2D eigenvalue weighted by Gasteiger charge is 2.32. The van der Waals surface area contributed by atoms with Crippen molar-refractivity contribution in [2.45, 2.75) is 30.1 Å². The first-order chi connectivity index (χ1) is 12.3. The zero-order chi connectivity index (χ0) is 18.7. The molecule has 2 heterocycles. The van der Waals surface area contributed by atoms with Crippen LogP contribution >= 0.6 is 23.4 Å². The Hall–Kier alpha value is -2.06. The molecule has 2 aromatic heterocycles. The van der Waals surface area contributed by atoms with Crippen LogP contribution in [0.3, 0.4) is 0 Å². The van der Waals surface area contributed by atoms with Crippen LogP contribution in [0.25, 0.3) is 11.4 Å². The SMILES string of the molecule is C[C@H](Sc1nnc(-c2ccncc2)n1CC(F)(F)F)c1cccc(Cl)c1. The predicted molar refractivity (Wildman–Crippen MR) is 95.0 cm³/mol. The van der Waals surface area contributed by atoms with Crippen molar-refractivity contribution in [2.75, 3.05) is 0 Å². The Morgan fingerprint density at radius 3 is 2.54 bits per heavy atom. The molecule has 1 aromatic carbocycles. The number of rotatable bonds is 5. The second-order valence-electron chi connectivity index (χ2n) is 5.56. The molecule has 0 unspecified atom stereocenters. The van der Waals surface area contributed by atoms with Gasteiger partial charge in [-0.2, -0.15) is 13.2 Å². The third-order valence-corrected chi connectivity index (χ3v) is 4.97. The number of halogens is 4. The van der Waals surface area contributed by atoms with Crippen molar-refractivity contribution >= 4 is 23.4 Å². The second kappa shape index (κ2) is 7.67. The van der Waals surface area contributed by atoms with Gasteiger partial charge in [-0.25, -0.2) is 0 Å². The van der Waals surface area contributed by atoms with Crippen LogP contribution < -0.4 is 0 Å². The summed E-state index contributed by atoms with van der Waals surface area (Å²) < 4.78 is 40.4. The molecule has 0 aliphatic rings. The van der Waals surface area contributed by atoms with Gasteiger partial charge in [-0.1, -0.05) is 35.5 Å². The van der Waals surface area contributed by atoms with Gasteiger partial charge in [0.15, 0.2) is 11.0 Å². The summed E-state index contributed by atoms with van der Waals surface area (Å²) in [5, 5.41) is 8.59. The van der Waals surface area contributed by atoms with E-state index in [2.05, 4.69) is 15.2 Å². The van der Waals surface area contributed by atoms with E-state index in [9.17, 15) is 13.2 Å². The number of hydrogen-bond donors (Lipinski definition) is 0. The summed E-state index contributed by atoms with van der Waals surface area (Å²) in [4.78, 5) is 3.88. The lowest BCUT2D eigenvalue weighted by Gasteiger charge is -2.15. The number of benzene rings is 1. The van der Waals surface area contributed by atoms with Crippen molar-refractivity contribution in [3.05, 3.63) is 59.4 Å². The van der Waals surface area contributed by atoms with Crippen molar-refractivity contribution in [1.82, 2.24) is 19.7 Å². The molecule has 136 valence electrons. The van der Waals surface area contributed by atoms with Crippen LogP contribution in [-0.2, 0) is 6.54 Å². The van der Waals surface area contributed by atoms with Crippen molar-refractivity contribution in [2.24, 2.45) is 0 Å². The van der Waals surface area contributed by atoms with E-state index in [1.54, 1.807) is 30.3 Å². The Kier molecular flexibility index (Phi) is 5.52. The maximum Gasteiger partial charge on any atom is 0.406 e.